The predicted octanol–water partition coefficient (Wildman–Crippen LogP) is 1.77. The molecule has 5 heteroatoms. The number of amides is 2. The Hall–Kier alpha value is -1.26. The third-order valence-corrected chi connectivity index (χ3v) is 4.61. The maximum atomic E-state index is 12.7. The first kappa shape index (κ1) is 14.2. The highest BCUT2D eigenvalue weighted by Gasteiger charge is 2.47. The van der Waals surface area contributed by atoms with Gasteiger partial charge in [-0.2, -0.15) is 0 Å². The van der Waals surface area contributed by atoms with E-state index in [0.717, 1.165) is 12.8 Å². The van der Waals surface area contributed by atoms with Gasteiger partial charge < -0.3 is 15.0 Å². The second kappa shape index (κ2) is 5.39. The lowest BCUT2D eigenvalue weighted by molar-refractivity contribution is -0.138. The second-order valence-corrected chi connectivity index (χ2v) is 6.07. The minimum absolute atomic E-state index is 0.0418. The lowest BCUT2D eigenvalue weighted by Crippen LogP contribution is -2.55. The van der Waals surface area contributed by atoms with Crippen molar-refractivity contribution in [1.29, 1.82) is 0 Å². The number of hydrogen-bond donors (Lipinski definition) is 1. The number of fused-ring (bicyclic) bond motifs is 2. The summed E-state index contributed by atoms with van der Waals surface area (Å²) in [6.07, 6.45) is 2.91. The Bertz CT molecular complexity index is 368. The topological polar surface area (TPSA) is 58.6 Å². The molecule has 2 fully saturated rings. The molecule has 0 aromatic carbocycles. The zero-order valence-electron chi connectivity index (χ0n) is 12.2. The summed E-state index contributed by atoms with van der Waals surface area (Å²) in [7, 11) is 1.32. The first-order valence-electron chi connectivity index (χ1n) is 7.12. The van der Waals surface area contributed by atoms with E-state index in [1.165, 1.54) is 13.5 Å². The van der Waals surface area contributed by atoms with Gasteiger partial charge in [0.15, 0.2) is 0 Å². The Labute approximate surface area is 114 Å². The molecule has 0 radical (unpaired) electrons. The largest absolute Gasteiger partial charge is 0.453 e. The van der Waals surface area contributed by atoms with Crippen molar-refractivity contribution in [1.82, 2.24) is 10.2 Å². The third-order valence-electron chi connectivity index (χ3n) is 4.61. The van der Waals surface area contributed by atoms with Crippen LogP contribution in [0, 0.1) is 11.8 Å². The van der Waals surface area contributed by atoms with E-state index in [0.29, 0.717) is 18.0 Å². The molecule has 0 spiro atoms. The van der Waals surface area contributed by atoms with Gasteiger partial charge in [0.1, 0.15) is 6.04 Å². The van der Waals surface area contributed by atoms with E-state index in [1.807, 2.05) is 18.7 Å². The highest BCUT2D eigenvalue weighted by atomic mass is 16.5. The molecule has 108 valence electrons. The predicted molar refractivity (Wildman–Crippen MR) is 71.6 cm³/mol. The van der Waals surface area contributed by atoms with Crippen molar-refractivity contribution in [2.45, 2.75) is 58.2 Å². The zero-order chi connectivity index (χ0) is 14.2. The van der Waals surface area contributed by atoms with Crippen molar-refractivity contribution in [3.8, 4) is 0 Å². The van der Waals surface area contributed by atoms with Crippen LogP contribution >= 0.6 is 0 Å². The first-order valence-corrected chi connectivity index (χ1v) is 7.12. The molecule has 1 saturated carbocycles. The van der Waals surface area contributed by atoms with E-state index in [2.05, 4.69) is 17.0 Å². The number of carbonyl (C=O) groups is 2. The molecule has 2 bridgehead atoms. The summed E-state index contributed by atoms with van der Waals surface area (Å²) in [6.45, 7) is 6.01. The van der Waals surface area contributed by atoms with Crippen LogP contribution in [0.25, 0.3) is 0 Å². The Kier molecular flexibility index (Phi) is 4.02. The van der Waals surface area contributed by atoms with E-state index in [-0.39, 0.29) is 11.8 Å². The van der Waals surface area contributed by atoms with Gasteiger partial charge in [0, 0.05) is 12.1 Å². The van der Waals surface area contributed by atoms with E-state index in [4.69, 9.17) is 0 Å². The number of alkyl carbamates (subject to hydrolysis) is 1. The molecule has 1 aliphatic carbocycles. The second-order valence-electron chi connectivity index (χ2n) is 6.07. The fraction of sp³-hybridized carbons (Fsp3) is 0.857. The fourth-order valence-electron chi connectivity index (χ4n) is 3.48. The van der Waals surface area contributed by atoms with Gasteiger partial charge in [0.05, 0.1) is 7.11 Å². The summed E-state index contributed by atoms with van der Waals surface area (Å²) in [6, 6.07) is 0.175. The fourth-order valence-corrected chi connectivity index (χ4v) is 3.48. The van der Waals surface area contributed by atoms with Crippen molar-refractivity contribution in [3.05, 3.63) is 0 Å². The van der Waals surface area contributed by atoms with Crippen molar-refractivity contribution in [3.63, 3.8) is 0 Å². The molecule has 2 aliphatic rings. The van der Waals surface area contributed by atoms with Crippen molar-refractivity contribution >= 4 is 12.0 Å². The standard InChI is InChI=1S/C14H24N2O3/c1-8(2)12(15-14(18)19-4)13(17)16-9(3)10-5-6-11(16)7-10/h8-12H,5-7H2,1-4H3,(H,15,18)/t9-,10+,11-,12-/m0/s1. The number of ether oxygens (including phenoxy) is 1. The molecule has 1 saturated heterocycles. The number of methoxy groups -OCH3 is 1. The first-order chi connectivity index (χ1) is 8.95. The molecule has 19 heavy (non-hydrogen) atoms. The van der Waals surface area contributed by atoms with Crippen LogP contribution in [0.4, 0.5) is 4.79 Å². The van der Waals surface area contributed by atoms with Crippen LogP contribution in [-0.4, -0.2) is 42.1 Å². The average Bonchev–Trinajstić information content (AvgIpc) is 2.95. The van der Waals surface area contributed by atoms with Crippen molar-refractivity contribution < 1.29 is 14.3 Å². The minimum Gasteiger partial charge on any atom is -0.453 e. The van der Waals surface area contributed by atoms with Crippen molar-refractivity contribution in [2.24, 2.45) is 11.8 Å². The lowest BCUT2D eigenvalue weighted by Gasteiger charge is -2.36. The Morgan fingerprint density at radius 2 is 2.00 bits per heavy atom. The van der Waals surface area contributed by atoms with E-state index >= 15 is 0 Å². The molecule has 2 rings (SSSR count). The molecular weight excluding hydrogens is 244 g/mol. The molecule has 1 N–H and O–H groups in total. The number of rotatable bonds is 3. The molecule has 1 heterocycles. The maximum absolute atomic E-state index is 12.7. The van der Waals surface area contributed by atoms with Gasteiger partial charge >= 0.3 is 6.09 Å². The normalized spacial score (nSPS) is 30.6. The van der Waals surface area contributed by atoms with Crippen LogP contribution in [-0.2, 0) is 9.53 Å². The quantitative estimate of drug-likeness (QED) is 0.848. The van der Waals surface area contributed by atoms with E-state index in [9.17, 15) is 9.59 Å². The van der Waals surface area contributed by atoms with Gasteiger partial charge in [-0.25, -0.2) is 4.79 Å². The number of nitrogens with one attached hydrogen (secondary N) is 1. The van der Waals surface area contributed by atoms with E-state index in [1.54, 1.807) is 0 Å². The van der Waals surface area contributed by atoms with Crippen molar-refractivity contribution in [2.75, 3.05) is 7.11 Å². The molecule has 4 atom stereocenters. The van der Waals surface area contributed by atoms with Gasteiger partial charge in [0.25, 0.3) is 0 Å². The van der Waals surface area contributed by atoms with Gasteiger partial charge in [0.2, 0.25) is 5.91 Å². The summed E-state index contributed by atoms with van der Waals surface area (Å²) in [5.74, 6) is 0.734. The number of nitrogens with zero attached hydrogens (tertiary/aromatic N) is 1. The zero-order valence-corrected chi connectivity index (χ0v) is 12.2. The summed E-state index contributed by atoms with van der Waals surface area (Å²) in [5.41, 5.74) is 0. The number of piperidine rings is 1. The van der Waals surface area contributed by atoms with Gasteiger partial charge in [-0.05, 0) is 38.0 Å². The summed E-state index contributed by atoms with van der Waals surface area (Å²) < 4.78 is 4.61. The highest BCUT2D eigenvalue weighted by Crippen LogP contribution is 2.42. The molecule has 2 amide bonds. The van der Waals surface area contributed by atoms with Crippen LogP contribution in [0.2, 0.25) is 0 Å². The van der Waals surface area contributed by atoms with Gasteiger partial charge in [-0.1, -0.05) is 13.8 Å². The smallest absolute Gasteiger partial charge is 0.407 e. The Morgan fingerprint density at radius 1 is 1.32 bits per heavy atom. The average molecular weight is 268 g/mol. The van der Waals surface area contributed by atoms with E-state index < -0.39 is 12.1 Å². The van der Waals surface area contributed by atoms with Crippen LogP contribution in [0.5, 0.6) is 0 Å². The number of likely N-dealkylation sites (tertiary alicyclic amines) is 1. The Morgan fingerprint density at radius 3 is 2.47 bits per heavy atom. The summed E-state index contributed by atoms with van der Waals surface area (Å²) in [5, 5.41) is 2.67. The molecule has 0 unspecified atom stereocenters. The molecule has 0 aromatic rings. The molecule has 5 nitrogen and oxygen atoms in total. The lowest BCUT2D eigenvalue weighted by atomic mass is 9.97. The Balaban J connectivity index is 2.09. The number of carbonyl (C=O) groups excluding carboxylic acids is 2. The van der Waals surface area contributed by atoms with Crippen LogP contribution < -0.4 is 5.32 Å². The monoisotopic (exact) mass is 268 g/mol. The van der Waals surface area contributed by atoms with Crippen LogP contribution in [0.3, 0.4) is 0 Å². The van der Waals surface area contributed by atoms with Gasteiger partial charge in [-0.3, -0.25) is 4.79 Å². The van der Waals surface area contributed by atoms with Crippen LogP contribution in [0.1, 0.15) is 40.0 Å². The van der Waals surface area contributed by atoms with Gasteiger partial charge in [-0.15, -0.1) is 0 Å². The number of hydrogen-bond acceptors (Lipinski definition) is 3. The molecule has 1 aliphatic heterocycles. The SMILES string of the molecule is COC(=O)N[C@H](C(=O)N1[C@H]2CC[C@H](C2)[C@@H]1C)C(C)C. The highest BCUT2D eigenvalue weighted by molar-refractivity contribution is 5.86. The summed E-state index contributed by atoms with van der Waals surface area (Å²) >= 11 is 0. The van der Waals surface area contributed by atoms with Crippen LogP contribution in [0.15, 0.2) is 0 Å². The third kappa shape index (κ3) is 2.55. The molecular formula is C14H24N2O3. The molecule has 0 aromatic heterocycles. The summed E-state index contributed by atoms with van der Waals surface area (Å²) in [4.78, 5) is 26.1. The minimum atomic E-state index is -0.538. The maximum Gasteiger partial charge on any atom is 0.407 e.